The maximum absolute atomic E-state index is 11.3. The third-order valence-corrected chi connectivity index (χ3v) is 4.52. The number of esters is 1. The van der Waals surface area contributed by atoms with Crippen molar-refractivity contribution in [3.05, 3.63) is 88.9 Å². The van der Waals surface area contributed by atoms with Crippen LogP contribution in [0, 0.1) is 13.8 Å². The normalized spacial score (nSPS) is 15.0. The fourth-order valence-corrected chi connectivity index (χ4v) is 3.18. The van der Waals surface area contributed by atoms with Gasteiger partial charge in [-0.3, -0.25) is 0 Å². The minimum Gasteiger partial charge on any atom is -0.504 e. The van der Waals surface area contributed by atoms with Crippen LogP contribution in [-0.2, 0) is 16.1 Å². The molecule has 0 unspecified atom stereocenters. The number of carbonyl (C=O) groups is 1. The fourth-order valence-electron chi connectivity index (χ4n) is 3.18. The summed E-state index contributed by atoms with van der Waals surface area (Å²) in [6.07, 6.45) is 2.73. The number of nitrogens with zero attached hydrogens (tertiary/aromatic N) is 3. The lowest BCUT2D eigenvalue weighted by molar-refractivity contribution is -0.132. The van der Waals surface area contributed by atoms with Crippen LogP contribution in [0.25, 0.3) is 17.2 Å². The second-order valence-corrected chi connectivity index (χ2v) is 6.61. The number of carbonyl (C=O) groups excluding carboxylic acids is 1. The average Bonchev–Trinajstić information content (AvgIpc) is 3.16. The molecule has 1 aromatic heterocycles. The largest absolute Gasteiger partial charge is 0.504 e. The van der Waals surface area contributed by atoms with Crippen LogP contribution in [0.2, 0.25) is 0 Å². The van der Waals surface area contributed by atoms with E-state index >= 15 is 0 Å². The molecule has 6 heteroatoms. The number of ether oxygens (including phenoxy) is 1. The van der Waals surface area contributed by atoms with Crippen molar-refractivity contribution in [3.8, 4) is 11.1 Å². The standard InChI is InChI=1S/C22H19N3O3/c1-14-23-15(2)25(24-14)13-16-7-9-17(10-8-16)19-6-4-3-5-18(19)11-21-20(26)12-22(27)28-21/h3-12,26H,13H2,1-2H3/b21-11-. The van der Waals surface area contributed by atoms with E-state index in [2.05, 4.69) is 22.2 Å². The van der Waals surface area contributed by atoms with Crippen LogP contribution in [0.1, 0.15) is 22.8 Å². The summed E-state index contributed by atoms with van der Waals surface area (Å²) in [6, 6.07) is 16.0. The molecule has 1 aliphatic heterocycles. The van der Waals surface area contributed by atoms with Crippen molar-refractivity contribution in [1.29, 1.82) is 0 Å². The topological polar surface area (TPSA) is 77.2 Å². The highest BCUT2D eigenvalue weighted by molar-refractivity contribution is 5.89. The van der Waals surface area contributed by atoms with E-state index in [1.165, 1.54) is 0 Å². The van der Waals surface area contributed by atoms with Crippen LogP contribution >= 0.6 is 0 Å². The lowest BCUT2D eigenvalue weighted by Crippen LogP contribution is -2.04. The maximum Gasteiger partial charge on any atom is 0.340 e. The van der Waals surface area contributed by atoms with E-state index < -0.39 is 5.97 Å². The van der Waals surface area contributed by atoms with Gasteiger partial charge in [0.15, 0.2) is 11.5 Å². The van der Waals surface area contributed by atoms with Crippen LogP contribution < -0.4 is 0 Å². The molecule has 1 N–H and O–H groups in total. The van der Waals surface area contributed by atoms with Gasteiger partial charge in [-0.2, -0.15) is 5.10 Å². The Morgan fingerprint density at radius 3 is 2.50 bits per heavy atom. The molecule has 0 atom stereocenters. The minimum absolute atomic E-state index is 0.158. The highest BCUT2D eigenvalue weighted by Crippen LogP contribution is 2.28. The van der Waals surface area contributed by atoms with Crippen molar-refractivity contribution >= 4 is 12.0 Å². The zero-order valence-corrected chi connectivity index (χ0v) is 15.6. The summed E-state index contributed by atoms with van der Waals surface area (Å²) in [5.74, 6) is 1.09. The van der Waals surface area contributed by atoms with Gasteiger partial charge in [0.1, 0.15) is 11.6 Å². The molecule has 0 fully saturated rings. The van der Waals surface area contributed by atoms with E-state index in [9.17, 15) is 9.90 Å². The summed E-state index contributed by atoms with van der Waals surface area (Å²) in [4.78, 5) is 15.6. The number of aliphatic hydroxyl groups excluding tert-OH is 1. The molecule has 6 nitrogen and oxygen atoms in total. The van der Waals surface area contributed by atoms with Gasteiger partial charge in [0.05, 0.1) is 12.6 Å². The molecule has 2 aromatic carbocycles. The Balaban J connectivity index is 1.62. The molecule has 0 aliphatic carbocycles. The Morgan fingerprint density at radius 2 is 1.86 bits per heavy atom. The molecule has 0 amide bonds. The van der Waals surface area contributed by atoms with Gasteiger partial charge in [0.25, 0.3) is 0 Å². The molecule has 28 heavy (non-hydrogen) atoms. The van der Waals surface area contributed by atoms with E-state index in [0.717, 1.165) is 40.0 Å². The van der Waals surface area contributed by atoms with Crippen molar-refractivity contribution in [1.82, 2.24) is 14.8 Å². The maximum atomic E-state index is 11.3. The van der Waals surface area contributed by atoms with Crippen LogP contribution in [-0.4, -0.2) is 25.8 Å². The lowest BCUT2D eigenvalue weighted by Gasteiger charge is -2.09. The molecule has 0 saturated carbocycles. The first-order valence-electron chi connectivity index (χ1n) is 8.90. The summed E-state index contributed by atoms with van der Waals surface area (Å²) >= 11 is 0. The van der Waals surface area contributed by atoms with Crippen molar-refractivity contribution in [3.63, 3.8) is 0 Å². The molecule has 0 bridgehead atoms. The van der Waals surface area contributed by atoms with Crippen molar-refractivity contribution < 1.29 is 14.6 Å². The number of aliphatic hydroxyl groups is 1. The van der Waals surface area contributed by atoms with Gasteiger partial charge in [-0.15, -0.1) is 0 Å². The Hall–Kier alpha value is -3.67. The fraction of sp³-hybridized carbons (Fsp3) is 0.136. The molecule has 140 valence electrons. The first-order valence-corrected chi connectivity index (χ1v) is 8.90. The van der Waals surface area contributed by atoms with E-state index in [4.69, 9.17) is 4.74 Å². The van der Waals surface area contributed by atoms with Gasteiger partial charge < -0.3 is 9.84 Å². The van der Waals surface area contributed by atoms with Crippen LogP contribution in [0.4, 0.5) is 0 Å². The second kappa shape index (κ2) is 7.15. The van der Waals surface area contributed by atoms with E-state index in [1.54, 1.807) is 6.08 Å². The predicted octanol–water partition coefficient (Wildman–Crippen LogP) is 3.95. The Kier molecular flexibility index (Phi) is 4.53. The van der Waals surface area contributed by atoms with Gasteiger partial charge in [0.2, 0.25) is 0 Å². The van der Waals surface area contributed by atoms with Crippen LogP contribution in [0.15, 0.2) is 66.1 Å². The number of benzene rings is 2. The molecular formula is C22H19N3O3. The number of aryl methyl sites for hydroxylation is 2. The highest BCUT2D eigenvalue weighted by atomic mass is 16.6. The molecule has 0 saturated heterocycles. The van der Waals surface area contributed by atoms with E-state index in [-0.39, 0.29) is 11.5 Å². The summed E-state index contributed by atoms with van der Waals surface area (Å²) < 4.78 is 6.91. The lowest BCUT2D eigenvalue weighted by atomic mass is 9.98. The zero-order chi connectivity index (χ0) is 19.7. The highest BCUT2D eigenvalue weighted by Gasteiger charge is 2.19. The number of aromatic nitrogens is 3. The molecule has 1 aliphatic rings. The molecule has 4 rings (SSSR count). The van der Waals surface area contributed by atoms with Crippen molar-refractivity contribution in [2.75, 3.05) is 0 Å². The van der Waals surface area contributed by atoms with Gasteiger partial charge in [-0.1, -0.05) is 48.5 Å². The summed E-state index contributed by atoms with van der Waals surface area (Å²) in [6.45, 7) is 4.48. The van der Waals surface area contributed by atoms with Crippen LogP contribution in [0.5, 0.6) is 0 Å². The number of cyclic esters (lactones) is 1. The molecule has 3 aromatic rings. The monoisotopic (exact) mass is 373 g/mol. The van der Waals surface area contributed by atoms with Gasteiger partial charge in [0, 0.05) is 0 Å². The molecular weight excluding hydrogens is 354 g/mol. The van der Waals surface area contributed by atoms with Crippen LogP contribution in [0.3, 0.4) is 0 Å². The van der Waals surface area contributed by atoms with E-state index in [0.29, 0.717) is 6.54 Å². The predicted molar refractivity (Wildman–Crippen MR) is 105 cm³/mol. The third kappa shape index (κ3) is 3.57. The quantitative estimate of drug-likeness (QED) is 0.701. The van der Waals surface area contributed by atoms with E-state index in [1.807, 2.05) is 54.9 Å². The molecule has 2 heterocycles. The van der Waals surface area contributed by atoms with Gasteiger partial charge >= 0.3 is 5.97 Å². The summed E-state index contributed by atoms with van der Waals surface area (Å²) in [5.41, 5.74) is 3.97. The van der Waals surface area contributed by atoms with Crippen molar-refractivity contribution in [2.45, 2.75) is 20.4 Å². The number of hydrogen-bond acceptors (Lipinski definition) is 5. The second-order valence-electron chi connectivity index (χ2n) is 6.61. The molecule has 0 radical (unpaired) electrons. The number of hydrogen-bond donors (Lipinski definition) is 1. The first-order chi connectivity index (χ1) is 13.5. The Bertz CT molecular complexity index is 1110. The Morgan fingerprint density at radius 1 is 1.11 bits per heavy atom. The zero-order valence-electron chi connectivity index (χ0n) is 15.6. The number of rotatable bonds is 4. The average molecular weight is 373 g/mol. The van der Waals surface area contributed by atoms with Gasteiger partial charge in [-0.25, -0.2) is 14.5 Å². The first kappa shape index (κ1) is 17.7. The summed E-state index contributed by atoms with van der Waals surface area (Å²) in [7, 11) is 0. The smallest absolute Gasteiger partial charge is 0.340 e. The molecule has 0 spiro atoms. The third-order valence-electron chi connectivity index (χ3n) is 4.52. The minimum atomic E-state index is -0.566. The van der Waals surface area contributed by atoms with Gasteiger partial charge in [-0.05, 0) is 42.2 Å². The Labute approximate surface area is 162 Å². The summed E-state index contributed by atoms with van der Waals surface area (Å²) in [5, 5.41) is 14.2. The van der Waals surface area contributed by atoms with Crippen molar-refractivity contribution in [2.24, 2.45) is 0 Å². The SMILES string of the molecule is Cc1nc(C)n(Cc2ccc(-c3ccccc3/C=C3\OC(=O)C=C3O)cc2)n1.